The van der Waals surface area contributed by atoms with Gasteiger partial charge in [-0.25, -0.2) is 0 Å². The van der Waals surface area contributed by atoms with Gasteiger partial charge >= 0.3 is 0 Å². The summed E-state index contributed by atoms with van der Waals surface area (Å²) in [6.07, 6.45) is 13.0. The molecule has 5 rings (SSSR count). The number of fused-ring (bicyclic) bond motifs is 7. The van der Waals surface area contributed by atoms with Crippen molar-refractivity contribution in [2.24, 2.45) is 56.7 Å². The fourth-order valence-corrected chi connectivity index (χ4v) is 11.6. The molecule has 5 saturated carbocycles. The Morgan fingerprint density at radius 2 is 1.32 bits per heavy atom. The number of carbonyl (C=O) groups is 1. The summed E-state index contributed by atoms with van der Waals surface area (Å²) in [6.45, 7) is 22.0. The highest BCUT2D eigenvalue weighted by molar-refractivity contribution is 5.85. The molecular formula is C30H48O. The third-order valence-corrected chi connectivity index (χ3v) is 13.3. The van der Waals surface area contributed by atoms with Crippen molar-refractivity contribution in [3.63, 3.8) is 0 Å². The number of hydrogen-bond donors (Lipinski definition) is 0. The SMILES string of the molecule is C=C(C)[C@@H]1CC[C@@]2(C)[C@@H]1CC[C@]1(C)[C@H]2CC[C@@H]2[C@@]3(C)CCC(=O)C(C)(C)[C@@H]3CC[C@]21C. The topological polar surface area (TPSA) is 17.1 Å². The maximum atomic E-state index is 12.9. The summed E-state index contributed by atoms with van der Waals surface area (Å²) in [6, 6.07) is 0. The molecule has 1 nitrogen and oxygen atoms in total. The van der Waals surface area contributed by atoms with Crippen LogP contribution in [0.25, 0.3) is 0 Å². The minimum atomic E-state index is -0.129. The lowest BCUT2D eigenvalue weighted by atomic mass is 9.32. The molecule has 0 aromatic rings. The van der Waals surface area contributed by atoms with E-state index in [1.807, 2.05) is 0 Å². The van der Waals surface area contributed by atoms with E-state index in [0.717, 1.165) is 36.5 Å². The van der Waals surface area contributed by atoms with E-state index in [-0.39, 0.29) is 5.41 Å². The fraction of sp³-hybridized carbons (Fsp3) is 0.900. The maximum Gasteiger partial charge on any atom is 0.138 e. The molecule has 31 heavy (non-hydrogen) atoms. The molecule has 0 radical (unpaired) electrons. The molecular weight excluding hydrogens is 376 g/mol. The Balaban J connectivity index is 1.53. The van der Waals surface area contributed by atoms with Crippen molar-refractivity contribution < 1.29 is 4.79 Å². The van der Waals surface area contributed by atoms with E-state index in [0.29, 0.717) is 33.4 Å². The molecule has 0 amide bonds. The van der Waals surface area contributed by atoms with Gasteiger partial charge in [0.25, 0.3) is 0 Å². The number of Topliss-reactive ketones (excluding diaryl/α,β-unsaturated/α-hetero) is 1. The van der Waals surface area contributed by atoms with Crippen molar-refractivity contribution in [3.8, 4) is 0 Å². The number of hydrogen-bond acceptors (Lipinski definition) is 1. The minimum absolute atomic E-state index is 0.129. The lowest BCUT2D eigenvalue weighted by Gasteiger charge is -2.72. The van der Waals surface area contributed by atoms with Gasteiger partial charge in [0.05, 0.1) is 0 Å². The van der Waals surface area contributed by atoms with Crippen LogP contribution < -0.4 is 0 Å². The smallest absolute Gasteiger partial charge is 0.138 e. The molecule has 0 saturated heterocycles. The Bertz CT molecular complexity index is 807. The Morgan fingerprint density at radius 1 is 0.742 bits per heavy atom. The maximum absolute atomic E-state index is 12.9. The summed E-state index contributed by atoms with van der Waals surface area (Å²) in [5.41, 5.74) is 3.03. The van der Waals surface area contributed by atoms with Gasteiger partial charge in [-0.05, 0) is 116 Å². The summed E-state index contributed by atoms with van der Waals surface area (Å²) in [7, 11) is 0. The lowest BCUT2D eigenvalue weighted by Crippen LogP contribution is -2.66. The third kappa shape index (κ3) is 2.53. The predicted octanol–water partition coefficient (Wildman–Crippen LogP) is 8.23. The van der Waals surface area contributed by atoms with Gasteiger partial charge in [0, 0.05) is 11.8 Å². The molecule has 0 aliphatic heterocycles. The van der Waals surface area contributed by atoms with Crippen LogP contribution in [0.5, 0.6) is 0 Å². The molecule has 5 aliphatic carbocycles. The zero-order valence-corrected chi connectivity index (χ0v) is 21.6. The molecule has 9 atom stereocenters. The third-order valence-electron chi connectivity index (χ3n) is 13.3. The Labute approximate surface area is 192 Å². The number of ketones is 1. The Hall–Kier alpha value is -0.590. The molecule has 0 heterocycles. The molecule has 1 heteroatoms. The highest BCUT2D eigenvalue weighted by Crippen LogP contribution is 2.77. The van der Waals surface area contributed by atoms with Gasteiger partial charge in [-0.3, -0.25) is 4.79 Å². The quantitative estimate of drug-likeness (QED) is 0.387. The van der Waals surface area contributed by atoms with E-state index in [4.69, 9.17) is 0 Å². The van der Waals surface area contributed by atoms with E-state index >= 15 is 0 Å². The second-order valence-electron chi connectivity index (χ2n) is 14.4. The standard InChI is InChI=1S/C30H48O/c1-19(2)20-11-15-27(5)21(20)12-17-29(7)23(27)9-10-24-28(6)16-14-25(31)26(3,4)22(28)13-18-30(24,29)8/h20-24H,1,9-18H2,2-8H3/t20-,21+,22-,23-,24+,27-,28-,29+,30+/m0/s1. The Morgan fingerprint density at radius 3 is 1.94 bits per heavy atom. The molecule has 5 aliphatic rings. The van der Waals surface area contributed by atoms with Crippen molar-refractivity contribution in [1.82, 2.24) is 0 Å². The Kier molecular flexibility index (Phi) is 4.66. The van der Waals surface area contributed by atoms with Crippen LogP contribution >= 0.6 is 0 Å². The van der Waals surface area contributed by atoms with Crippen LogP contribution in [-0.2, 0) is 4.79 Å². The average Bonchev–Trinajstić information content (AvgIpc) is 3.03. The number of carbonyl (C=O) groups excluding carboxylic acids is 1. The predicted molar refractivity (Wildman–Crippen MR) is 130 cm³/mol. The molecule has 0 aromatic carbocycles. The summed E-state index contributed by atoms with van der Waals surface area (Å²) < 4.78 is 0. The average molecular weight is 425 g/mol. The van der Waals surface area contributed by atoms with E-state index < -0.39 is 0 Å². The van der Waals surface area contributed by atoms with E-state index in [1.165, 1.54) is 56.9 Å². The van der Waals surface area contributed by atoms with Crippen molar-refractivity contribution in [2.75, 3.05) is 0 Å². The van der Waals surface area contributed by atoms with Crippen LogP contribution in [0.15, 0.2) is 12.2 Å². The van der Waals surface area contributed by atoms with Crippen LogP contribution in [0.4, 0.5) is 0 Å². The highest BCUT2D eigenvalue weighted by Gasteiger charge is 2.70. The summed E-state index contributed by atoms with van der Waals surface area (Å²) in [5.74, 6) is 4.38. The van der Waals surface area contributed by atoms with Crippen LogP contribution in [0, 0.1) is 56.7 Å². The van der Waals surface area contributed by atoms with Crippen LogP contribution in [0.1, 0.15) is 113 Å². The fourth-order valence-electron chi connectivity index (χ4n) is 11.6. The largest absolute Gasteiger partial charge is 0.299 e. The first kappa shape index (κ1) is 22.2. The van der Waals surface area contributed by atoms with Crippen molar-refractivity contribution in [3.05, 3.63) is 12.2 Å². The molecule has 0 aromatic heterocycles. The van der Waals surface area contributed by atoms with Crippen molar-refractivity contribution >= 4 is 5.78 Å². The van der Waals surface area contributed by atoms with Gasteiger partial charge in [0.2, 0.25) is 0 Å². The number of rotatable bonds is 1. The van der Waals surface area contributed by atoms with E-state index in [9.17, 15) is 4.79 Å². The zero-order valence-electron chi connectivity index (χ0n) is 21.6. The molecule has 5 fully saturated rings. The first-order valence-electron chi connectivity index (χ1n) is 13.5. The van der Waals surface area contributed by atoms with Gasteiger partial charge < -0.3 is 0 Å². The van der Waals surface area contributed by atoms with Gasteiger partial charge in [-0.1, -0.05) is 53.7 Å². The first-order chi connectivity index (χ1) is 14.3. The molecule has 0 spiro atoms. The zero-order chi connectivity index (χ0) is 22.6. The van der Waals surface area contributed by atoms with Crippen molar-refractivity contribution in [1.29, 1.82) is 0 Å². The summed E-state index contributed by atoms with van der Waals surface area (Å²) in [4.78, 5) is 12.9. The normalized spacial score (nSPS) is 55.6. The van der Waals surface area contributed by atoms with Gasteiger partial charge in [0.15, 0.2) is 0 Å². The molecule has 174 valence electrons. The van der Waals surface area contributed by atoms with Gasteiger partial charge in [-0.15, -0.1) is 0 Å². The molecule has 0 unspecified atom stereocenters. The first-order valence-corrected chi connectivity index (χ1v) is 13.5. The van der Waals surface area contributed by atoms with Crippen LogP contribution in [0.2, 0.25) is 0 Å². The summed E-state index contributed by atoms with van der Waals surface area (Å²) >= 11 is 0. The minimum Gasteiger partial charge on any atom is -0.299 e. The second kappa shape index (κ2) is 6.50. The van der Waals surface area contributed by atoms with Gasteiger partial charge in [-0.2, -0.15) is 0 Å². The van der Waals surface area contributed by atoms with Crippen LogP contribution in [0.3, 0.4) is 0 Å². The van der Waals surface area contributed by atoms with E-state index in [1.54, 1.807) is 0 Å². The molecule has 0 bridgehead atoms. The van der Waals surface area contributed by atoms with Gasteiger partial charge in [0.1, 0.15) is 5.78 Å². The van der Waals surface area contributed by atoms with Crippen LogP contribution in [-0.4, -0.2) is 5.78 Å². The van der Waals surface area contributed by atoms with E-state index in [2.05, 4.69) is 55.0 Å². The second-order valence-corrected chi connectivity index (χ2v) is 14.4. The van der Waals surface area contributed by atoms with Crippen molar-refractivity contribution in [2.45, 2.75) is 113 Å². The lowest BCUT2D eigenvalue weighted by molar-refractivity contribution is -0.237. The highest BCUT2D eigenvalue weighted by atomic mass is 16.1. The summed E-state index contributed by atoms with van der Waals surface area (Å²) in [5, 5.41) is 0. The molecule has 0 N–H and O–H groups in total. The monoisotopic (exact) mass is 424 g/mol. The number of allylic oxidation sites excluding steroid dienone is 1.